The lowest BCUT2D eigenvalue weighted by Crippen LogP contribution is -2.02. The van der Waals surface area contributed by atoms with Gasteiger partial charge in [-0.05, 0) is 12.0 Å². The monoisotopic (exact) mass is 205 g/mol. The van der Waals surface area contributed by atoms with Gasteiger partial charge in [0, 0.05) is 12.4 Å². The first-order valence-electron chi connectivity index (χ1n) is 4.67. The third-order valence-electron chi connectivity index (χ3n) is 2.18. The summed E-state index contributed by atoms with van der Waals surface area (Å²) < 4.78 is 1.50. The number of carbonyl (C=O) groups is 1. The van der Waals surface area contributed by atoms with Crippen molar-refractivity contribution in [1.82, 2.24) is 14.6 Å². The van der Waals surface area contributed by atoms with Gasteiger partial charge < -0.3 is 5.11 Å². The Morgan fingerprint density at radius 2 is 2.27 bits per heavy atom. The summed E-state index contributed by atoms with van der Waals surface area (Å²) in [5.74, 6) is -0.912. The van der Waals surface area contributed by atoms with Gasteiger partial charge in [-0.15, -0.1) is 0 Å². The van der Waals surface area contributed by atoms with Crippen molar-refractivity contribution >= 4 is 11.6 Å². The van der Waals surface area contributed by atoms with Gasteiger partial charge >= 0.3 is 5.97 Å². The Morgan fingerprint density at radius 3 is 2.87 bits per heavy atom. The number of rotatable bonds is 2. The topological polar surface area (TPSA) is 67.5 Å². The average molecular weight is 205 g/mol. The maximum Gasteiger partial charge on any atom is 0.341 e. The molecule has 0 amide bonds. The number of carboxylic acids is 1. The molecule has 0 saturated carbocycles. The Bertz CT molecular complexity index is 516. The summed E-state index contributed by atoms with van der Waals surface area (Å²) in [6, 6.07) is 1.72. The summed E-state index contributed by atoms with van der Waals surface area (Å²) in [4.78, 5) is 15.1. The molecule has 0 aromatic carbocycles. The standard InChI is InChI=1S/C10H11N3O2/c1-6(2)8-7(10(14)15)9-11-4-3-5-13(9)12-8/h3-6H,1-2H3,(H,14,15). The quantitative estimate of drug-likeness (QED) is 0.807. The highest BCUT2D eigenvalue weighted by Crippen LogP contribution is 2.21. The van der Waals surface area contributed by atoms with Crippen LogP contribution in [0.4, 0.5) is 0 Å². The first-order valence-corrected chi connectivity index (χ1v) is 4.67. The van der Waals surface area contributed by atoms with E-state index in [1.54, 1.807) is 18.5 Å². The van der Waals surface area contributed by atoms with Gasteiger partial charge in [0.15, 0.2) is 5.65 Å². The minimum absolute atomic E-state index is 0.0674. The van der Waals surface area contributed by atoms with Crippen LogP contribution in [0.15, 0.2) is 18.5 Å². The van der Waals surface area contributed by atoms with Crippen LogP contribution in [-0.4, -0.2) is 25.7 Å². The SMILES string of the molecule is CC(C)c1nn2cccnc2c1C(=O)O. The van der Waals surface area contributed by atoms with Gasteiger partial charge in [0.25, 0.3) is 0 Å². The second kappa shape index (κ2) is 3.34. The van der Waals surface area contributed by atoms with Crippen molar-refractivity contribution < 1.29 is 9.90 Å². The summed E-state index contributed by atoms with van der Waals surface area (Å²) >= 11 is 0. The molecule has 0 bridgehead atoms. The number of carboxylic acid groups (broad SMARTS) is 1. The van der Waals surface area contributed by atoms with Crippen molar-refractivity contribution in [3.05, 3.63) is 29.7 Å². The normalized spacial score (nSPS) is 11.1. The van der Waals surface area contributed by atoms with E-state index in [0.717, 1.165) is 0 Å². The average Bonchev–Trinajstić information content (AvgIpc) is 2.56. The Labute approximate surface area is 86.4 Å². The van der Waals surface area contributed by atoms with Crippen molar-refractivity contribution in [1.29, 1.82) is 0 Å². The molecule has 0 aliphatic heterocycles. The van der Waals surface area contributed by atoms with Gasteiger partial charge in [-0.25, -0.2) is 14.3 Å². The van der Waals surface area contributed by atoms with E-state index in [2.05, 4.69) is 10.1 Å². The van der Waals surface area contributed by atoms with Crippen LogP contribution in [0.5, 0.6) is 0 Å². The minimum atomic E-state index is -0.979. The van der Waals surface area contributed by atoms with Gasteiger partial charge in [-0.2, -0.15) is 5.10 Å². The number of aromatic carboxylic acids is 1. The Balaban J connectivity index is 2.80. The molecule has 0 aliphatic carbocycles. The molecule has 0 saturated heterocycles. The Kier molecular flexibility index (Phi) is 2.15. The van der Waals surface area contributed by atoms with E-state index in [9.17, 15) is 4.79 Å². The maximum absolute atomic E-state index is 11.1. The van der Waals surface area contributed by atoms with Crippen LogP contribution in [-0.2, 0) is 0 Å². The van der Waals surface area contributed by atoms with E-state index >= 15 is 0 Å². The molecule has 0 unspecified atom stereocenters. The number of hydrogen-bond donors (Lipinski definition) is 1. The molecule has 2 rings (SSSR count). The largest absolute Gasteiger partial charge is 0.477 e. The lowest BCUT2D eigenvalue weighted by atomic mass is 10.1. The van der Waals surface area contributed by atoms with Crippen LogP contribution < -0.4 is 0 Å². The molecule has 5 nitrogen and oxygen atoms in total. The summed E-state index contributed by atoms with van der Waals surface area (Å²) in [5.41, 5.74) is 1.17. The maximum atomic E-state index is 11.1. The third-order valence-corrected chi connectivity index (χ3v) is 2.18. The Hall–Kier alpha value is -1.91. The van der Waals surface area contributed by atoms with E-state index in [0.29, 0.717) is 11.3 Å². The molecule has 2 aromatic rings. The summed E-state index contributed by atoms with van der Waals surface area (Å²) in [7, 11) is 0. The van der Waals surface area contributed by atoms with E-state index in [1.807, 2.05) is 13.8 Å². The van der Waals surface area contributed by atoms with Gasteiger partial charge in [-0.3, -0.25) is 0 Å². The van der Waals surface area contributed by atoms with Crippen LogP contribution in [0.1, 0.15) is 35.8 Å². The Morgan fingerprint density at radius 1 is 1.53 bits per heavy atom. The van der Waals surface area contributed by atoms with Crippen molar-refractivity contribution in [3.63, 3.8) is 0 Å². The number of fused-ring (bicyclic) bond motifs is 1. The highest BCUT2D eigenvalue weighted by Gasteiger charge is 2.21. The zero-order valence-corrected chi connectivity index (χ0v) is 8.51. The van der Waals surface area contributed by atoms with Gasteiger partial charge in [0.2, 0.25) is 0 Å². The van der Waals surface area contributed by atoms with Crippen LogP contribution in [0.25, 0.3) is 5.65 Å². The lowest BCUT2D eigenvalue weighted by molar-refractivity contribution is 0.0697. The fourth-order valence-electron chi connectivity index (χ4n) is 1.51. The van der Waals surface area contributed by atoms with Crippen molar-refractivity contribution in [3.8, 4) is 0 Å². The van der Waals surface area contributed by atoms with E-state index < -0.39 is 5.97 Å². The molecule has 15 heavy (non-hydrogen) atoms. The van der Waals surface area contributed by atoms with E-state index in [1.165, 1.54) is 4.52 Å². The second-order valence-electron chi connectivity index (χ2n) is 3.61. The van der Waals surface area contributed by atoms with Crippen LogP contribution >= 0.6 is 0 Å². The molecule has 0 spiro atoms. The molecule has 0 atom stereocenters. The zero-order chi connectivity index (χ0) is 11.0. The number of nitrogens with zero attached hydrogens (tertiary/aromatic N) is 3. The lowest BCUT2D eigenvalue weighted by Gasteiger charge is -1.99. The number of hydrogen-bond acceptors (Lipinski definition) is 3. The van der Waals surface area contributed by atoms with E-state index in [4.69, 9.17) is 5.11 Å². The van der Waals surface area contributed by atoms with Crippen LogP contribution in [0, 0.1) is 0 Å². The van der Waals surface area contributed by atoms with Gasteiger partial charge in [0.05, 0.1) is 5.69 Å². The molecule has 78 valence electrons. The zero-order valence-electron chi connectivity index (χ0n) is 8.51. The summed E-state index contributed by atoms with van der Waals surface area (Å²) in [5, 5.41) is 13.3. The molecular formula is C10H11N3O2. The minimum Gasteiger partial charge on any atom is -0.477 e. The smallest absolute Gasteiger partial charge is 0.341 e. The first kappa shape index (κ1) is 9.64. The molecule has 0 fully saturated rings. The summed E-state index contributed by atoms with van der Waals surface area (Å²) in [6.07, 6.45) is 3.26. The summed E-state index contributed by atoms with van der Waals surface area (Å²) in [6.45, 7) is 3.82. The highest BCUT2D eigenvalue weighted by atomic mass is 16.4. The molecule has 2 heterocycles. The van der Waals surface area contributed by atoms with Crippen molar-refractivity contribution in [2.45, 2.75) is 19.8 Å². The van der Waals surface area contributed by atoms with Gasteiger partial charge in [-0.1, -0.05) is 13.8 Å². The highest BCUT2D eigenvalue weighted by molar-refractivity contribution is 5.95. The van der Waals surface area contributed by atoms with Gasteiger partial charge in [0.1, 0.15) is 5.56 Å². The fraction of sp³-hybridized carbons (Fsp3) is 0.300. The third kappa shape index (κ3) is 1.45. The van der Waals surface area contributed by atoms with Crippen LogP contribution in [0.3, 0.4) is 0 Å². The molecule has 5 heteroatoms. The fourth-order valence-corrected chi connectivity index (χ4v) is 1.51. The molecule has 0 radical (unpaired) electrons. The predicted octanol–water partition coefficient (Wildman–Crippen LogP) is 1.55. The van der Waals surface area contributed by atoms with Crippen LogP contribution in [0.2, 0.25) is 0 Å². The van der Waals surface area contributed by atoms with Crippen molar-refractivity contribution in [2.24, 2.45) is 0 Å². The molecule has 2 aromatic heterocycles. The molecular weight excluding hydrogens is 194 g/mol. The second-order valence-corrected chi connectivity index (χ2v) is 3.61. The molecule has 0 aliphatic rings. The number of aromatic nitrogens is 3. The molecule has 1 N–H and O–H groups in total. The first-order chi connectivity index (χ1) is 7.11. The van der Waals surface area contributed by atoms with E-state index in [-0.39, 0.29) is 11.5 Å². The van der Waals surface area contributed by atoms with Crippen molar-refractivity contribution in [2.75, 3.05) is 0 Å². The predicted molar refractivity (Wildman–Crippen MR) is 54.0 cm³/mol.